The maximum Gasteiger partial charge on any atom is 0.303 e. The second kappa shape index (κ2) is 7.44. The monoisotopic (exact) mass is 281 g/mol. The first-order valence-electron chi connectivity index (χ1n) is 8.58. The third-order valence-corrected chi connectivity index (χ3v) is 5.48. The quantitative estimate of drug-likeness (QED) is 0.769. The first-order chi connectivity index (χ1) is 9.63. The molecule has 1 heterocycles. The lowest BCUT2D eigenvalue weighted by Crippen LogP contribution is -2.56. The number of hydrogen-bond acceptors (Lipinski definition) is 2. The summed E-state index contributed by atoms with van der Waals surface area (Å²) in [7, 11) is 0. The van der Waals surface area contributed by atoms with E-state index < -0.39 is 5.97 Å². The number of carboxylic acids is 1. The van der Waals surface area contributed by atoms with E-state index in [-0.39, 0.29) is 0 Å². The van der Waals surface area contributed by atoms with Crippen molar-refractivity contribution in [3.05, 3.63) is 0 Å². The minimum Gasteiger partial charge on any atom is -0.481 e. The summed E-state index contributed by atoms with van der Waals surface area (Å²) in [6, 6.07) is 0. The van der Waals surface area contributed by atoms with Crippen LogP contribution in [0.15, 0.2) is 0 Å². The smallest absolute Gasteiger partial charge is 0.303 e. The van der Waals surface area contributed by atoms with Gasteiger partial charge < -0.3 is 10.0 Å². The molecule has 2 aliphatic rings. The Morgan fingerprint density at radius 1 is 1.15 bits per heavy atom. The van der Waals surface area contributed by atoms with Crippen LogP contribution in [0, 0.1) is 11.3 Å². The van der Waals surface area contributed by atoms with Crippen molar-refractivity contribution in [1.29, 1.82) is 0 Å². The summed E-state index contributed by atoms with van der Waals surface area (Å²) >= 11 is 0. The molecule has 0 bridgehead atoms. The van der Waals surface area contributed by atoms with Gasteiger partial charge in [0.05, 0.1) is 0 Å². The highest BCUT2D eigenvalue weighted by Crippen LogP contribution is 2.42. The largest absolute Gasteiger partial charge is 0.481 e. The Labute approximate surface area is 123 Å². The fourth-order valence-corrected chi connectivity index (χ4v) is 4.10. The van der Waals surface area contributed by atoms with Crippen molar-refractivity contribution in [3.8, 4) is 0 Å². The first-order valence-corrected chi connectivity index (χ1v) is 8.58. The van der Waals surface area contributed by atoms with E-state index in [4.69, 9.17) is 5.11 Å². The standard InChI is InChI=1S/C17H31NO2/c1-2-15(7-8-16(19)20)9-12-18-13-17(14-18)10-5-3-4-6-11-17/h15H,2-14H2,1H3,(H,19,20). The van der Waals surface area contributed by atoms with E-state index in [1.807, 2.05) is 0 Å². The number of hydrogen-bond donors (Lipinski definition) is 1. The minimum atomic E-state index is -0.648. The van der Waals surface area contributed by atoms with Gasteiger partial charge in [-0.25, -0.2) is 0 Å². The third kappa shape index (κ3) is 4.47. The first kappa shape index (κ1) is 15.8. The van der Waals surface area contributed by atoms with Crippen LogP contribution in [0.2, 0.25) is 0 Å². The topological polar surface area (TPSA) is 40.5 Å². The van der Waals surface area contributed by atoms with Crippen molar-refractivity contribution in [2.45, 2.75) is 71.1 Å². The average Bonchev–Trinajstić information content (AvgIpc) is 2.63. The number of nitrogens with zero attached hydrogens (tertiary/aromatic N) is 1. The number of carboxylic acid groups (broad SMARTS) is 1. The van der Waals surface area contributed by atoms with Gasteiger partial charge >= 0.3 is 5.97 Å². The molecule has 1 saturated heterocycles. The molecule has 1 unspecified atom stereocenters. The number of likely N-dealkylation sites (tertiary alicyclic amines) is 1. The Bertz CT molecular complexity index is 300. The summed E-state index contributed by atoms with van der Waals surface area (Å²) in [5, 5.41) is 8.77. The van der Waals surface area contributed by atoms with Gasteiger partial charge in [0.15, 0.2) is 0 Å². The highest BCUT2D eigenvalue weighted by atomic mass is 16.4. The Hall–Kier alpha value is -0.570. The molecule has 0 amide bonds. The molecule has 0 aromatic rings. The van der Waals surface area contributed by atoms with Crippen LogP contribution in [-0.2, 0) is 4.79 Å². The lowest BCUT2D eigenvalue weighted by molar-refractivity contribution is -0.137. The van der Waals surface area contributed by atoms with E-state index in [9.17, 15) is 4.79 Å². The highest BCUT2D eigenvalue weighted by molar-refractivity contribution is 5.66. The molecule has 1 aliphatic carbocycles. The van der Waals surface area contributed by atoms with Crippen LogP contribution < -0.4 is 0 Å². The van der Waals surface area contributed by atoms with E-state index in [0.29, 0.717) is 17.8 Å². The molecule has 20 heavy (non-hydrogen) atoms. The lowest BCUT2D eigenvalue weighted by atomic mass is 9.73. The fraction of sp³-hybridized carbons (Fsp3) is 0.941. The zero-order valence-corrected chi connectivity index (χ0v) is 13.1. The molecule has 2 rings (SSSR count). The van der Waals surface area contributed by atoms with E-state index >= 15 is 0 Å². The van der Waals surface area contributed by atoms with Gasteiger partial charge in [-0.1, -0.05) is 39.0 Å². The second-order valence-corrected chi connectivity index (χ2v) is 7.12. The molecule has 0 aromatic carbocycles. The SMILES string of the molecule is CCC(CCC(=O)O)CCN1CC2(CCCCCC2)C1. The van der Waals surface area contributed by atoms with Crippen LogP contribution in [0.25, 0.3) is 0 Å². The molecule has 0 aromatic heterocycles. The van der Waals surface area contributed by atoms with Crippen molar-refractivity contribution < 1.29 is 9.90 Å². The Balaban J connectivity index is 1.64. The van der Waals surface area contributed by atoms with Gasteiger partial charge in [0, 0.05) is 19.5 Å². The molecule has 2 fully saturated rings. The summed E-state index contributed by atoms with van der Waals surface area (Å²) in [5.74, 6) is -0.0541. The zero-order chi connectivity index (χ0) is 14.4. The summed E-state index contributed by atoms with van der Waals surface area (Å²) in [6.45, 7) is 5.99. The van der Waals surface area contributed by atoms with Crippen molar-refractivity contribution >= 4 is 5.97 Å². The summed E-state index contributed by atoms with van der Waals surface area (Å²) in [4.78, 5) is 13.3. The van der Waals surface area contributed by atoms with Gasteiger partial charge in [-0.15, -0.1) is 0 Å². The van der Waals surface area contributed by atoms with Gasteiger partial charge in [-0.3, -0.25) is 4.79 Å². The van der Waals surface area contributed by atoms with Crippen LogP contribution in [0.5, 0.6) is 0 Å². The molecular formula is C17H31NO2. The van der Waals surface area contributed by atoms with E-state index in [1.165, 1.54) is 64.6 Å². The molecule has 1 aliphatic heterocycles. The van der Waals surface area contributed by atoms with Crippen LogP contribution in [0.1, 0.15) is 71.1 Å². The second-order valence-electron chi connectivity index (χ2n) is 7.12. The maximum absolute atomic E-state index is 10.6. The molecule has 3 nitrogen and oxygen atoms in total. The third-order valence-electron chi connectivity index (χ3n) is 5.48. The Kier molecular flexibility index (Phi) is 5.88. The van der Waals surface area contributed by atoms with Gasteiger partial charge in [-0.05, 0) is 43.6 Å². The Morgan fingerprint density at radius 2 is 1.80 bits per heavy atom. The Morgan fingerprint density at radius 3 is 2.35 bits per heavy atom. The molecule has 0 radical (unpaired) electrons. The van der Waals surface area contributed by atoms with E-state index in [1.54, 1.807) is 0 Å². The average molecular weight is 281 g/mol. The van der Waals surface area contributed by atoms with Crippen molar-refractivity contribution in [2.75, 3.05) is 19.6 Å². The van der Waals surface area contributed by atoms with Gasteiger partial charge in [0.2, 0.25) is 0 Å². The highest BCUT2D eigenvalue weighted by Gasteiger charge is 2.41. The van der Waals surface area contributed by atoms with Gasteiger partial charge in [-0.2, -0.15) is 0 Å². The van der Waals surface area contributed by atoms with Crippen LogP contribution in [-0.4, -0.2) is 35.6 Å². The van der Waals surface area contributed by atoms with Crippen LogP contribution in [0.3, 0.4) is 0 Å². The summed E-state index contributed by atoms with van der Waals surface area (Å²) in [6.07, 6.45) is 12.1. The molecule has 1 N–H and O–H groups in total. The van der Waals surface area contributed by atoms with Gasteiger partial charge in [0.1, 0.15) is 0 Å². The van der Waals surface area contributed by atoms with E-state index in [0.717, 1.165) is 12.8 Å². The summed E-state index contributed by atoms with van der Waals surface area (Å²) in [5.41, 5.74) is 0.666. The number of carbonyl (C=O) groups is 1. The van der Waals surface area contributed by atoms with Crippen molar-refractivity contribution in [2.24, 2.45) is 11.3 Å². The fourth-order valence-electron chi connectivity index (χ4n) is 4.10. The normalized spacial score (nSPS) is 24.1. The molecule has 116 valence electrons. The molecule has 3 heteroatoms. The van der Waals surface area contributed by atoms with Crippen molar-refractivity contribution in [3.63, 3.8) is 0 Å². The molecule has 1 spiro atoms. The summed E-state index contributed by atoms with van der Waals surface area (Å²) < 4.78 is 0. The molecular weight excluding hydrogens is 250 g/mol. The number of rotatable bonds is 7. The van der Waals surface area contributed by atoms with Crippen LogP contribution in [0.4, 0.5) is 0 Å². The molecule has 1 atom stereocenters. The number of aliphatic carboxylic acids is 1. The minimum absolute atomic E-state index is 0.336. The van der Waals surface area contributed by atoms with Crippen molar-refractivity contribution in [1.82, 2.24) is 4.90 Å². The van der Waals surface area contributed by atoms with Crippen LogP contribution >= 0.6 is 0 Å². The van der Waals surface area contributed by atoms with E-state index in [2.05, 4.69) is 11.8 Å². The lowest BCUT2D eigenvalue weighted by Gasteiger charge is -2.51. The predicted octanol–water partition coefficient (Wildman–Crippen LogP) is 3.92. The maximum atomic E-state index is 10.6. The zero-order valence-electron chi connectivity index (χ0n) is 13.1. The van der Waals surface area contributed by atoms with Gasteiger partial charge in [0.25, 0.3) is 0 Å². The predicted molar refractivity (Wildman–Crippen MR) is 81.8 cm³/mol. The molecule has 1 saturated carbocycles.